The van der Waals surface area contributed by atoms with Gasteiger partial charge in [0.15, 0.2) is 0 Å². The zero-order valence-corrected chi connectivity index (χ0v) is 10.9. The molecule has 0 bridgehead atoms. The van der Waals surface area contributed by atoms with E-state index in [1.807, 2.05) is 4.72 Å². The zero-order chi connectivity index (χ0) is 15.3. The molecule has 1 aromatic rings. The van der Waals surface area contributed by atoms with Crippen LogP contribution in [0.15, 0.2) is 23.1 Å². The molecule has 1 rings (SSSR count). The van der Waals surface area contributed by atoms with E-state index in [0.717, 1.165) is 12.1 Å². The van der Waals surface area contributed by atoms with Crippen LogP contribution in [0.3, 0.4) is 0 Å². The number of aromatic carboxylic acids is 1. The number of carbonyl (C=O) groups is 2. The number of carboxylic acids is 1. The summed E-state index contributed by atoms with van der Waals surface area (Å²) in [4.78, 5) is 20.3. The zero-order valence-electron chi connectivity index (χ0n) is 10.1. The van der Waals surface area contributed by atoms with Crippen molar-refractivity contribution >= 4 is 22.0 Å². The van der Waals surface area contributed by atoms with Crippen LogP contribution in [-0.2, 0) is 10.0 Å². The number of rotatable bonds is 6. The summed E-state index contributed by atoms with van der Waals surface area (Å²) in [5.74, 6) is -2.55. The number of carboxylic acid groups (broad SMARTS) is 1. The number of amides is 2. The van der Waals surface area contributed by atoms with Crippen molar-refractivity contribution in [2.75, 3.05) is 13.1 Å². The Balaban J connectivity index is 2.82. The molecule has 0 aromatic heterocycles. The number of hydrogen-bond donors (Lipinski definition) is 4. The summed E-state index contributed by atoms with van der Waals surface area (Å²) in [5, 5.41) is 10.8. The van der Waals surface area contributed by atoms with Gasteiger partial charge in [-0.25, -0.2) is 27.1 Å². The lowest BCUT2D eigenvalue weighted by Crippen LogP contribution is -2.37. The van der Waals surface area contributed by atoms with E-state index < -0.39 is 32.7 Å². The first-order valence-corrected chi connectivity index (χ1v) is 6.78. The third-order valence-electron chi connectivity index (χ3n) is 2.18. The van der Waals surface area contributed by atoms with Crippen LogP contribution in [0.2, 0.25) is 0 Å². The first-order valence-electron chi connectivity index (χ1n) is 5.30. The quantitative estimate of drug-likeness (QED) is 0.523. The average molecular weight is 305 g/mol. The number of nitrogens with two attached hydrogens (primary N) is 1. The summed E-state index contributed by atoms with van der Waals surface area (Å²) in [6.07, 6.45) is 0. The van der Waals surface area contributed by atoms with Crippen molar-refractivity contribution in [2.45, 2.75) is 4.90 Å². The van der Waals surface area contributed by atoms with Gasteiger partial charge in [-0.15, -0.1) is 0 Å². The SMILES string of the molecule is NC(=O)NCCNS(=O)(=O)c1ccc(C(=O)O)cc1F. The molecule has 0 aliphatic carbocycles. The highest BCUT2D eigenvalue weighted by Crippen LogP contribution is 2.15. The third kappa shape index (κ3) is 4.17. The minimum absolute atomic E-state index is 0.0661. The molecule has 5 N–H and O–H groups in total. The lowest BCUT2D eigenvalue weighted by atomic mass is 10.2. The van der Waals surface area contributed by atoms with E-state index in [4.69, 9.17) is 10.8 Å². The van der Waals surface area contributed by atoms with Crippen LogP contribution in [-0.4, -0.2) is 38.6 Å². The second kappa shape index (κ2) is 6.30. The maximum atomic E-state index is 13.6. The minimum Gasteiger partial charge on any atom is -0.478 e. The molecule has 8 nitrogen and oxygen atoms in total. The summed E-state index contributed by atoms with van der Waals surface area (Å²) in [6.45, 7) is -0.255. The van der Waals surface area contributed by atoms with E-state index in [-0.39, 0.29) is 18.7 Å². The summed E-state index contributed by atoms with van der Waals surface area (Å²) in [5.41, 5.74) is 4.42. The molecular weight excluding hydrogens is 293 g/mol. The van der Waals surface area contributed by atoms with Crippen molar-refractivity contribution in [3.8, 4) is 0 Å². The molecule has 2 amide bonds. The highest BCUT2D eigenvalue weighted by atomic mass is 32.2. The maximum Gasteiger partial charge on any atom is 0.335 e. The van der Waals surface area contributed by atoms with Gasteiger partial charge in [0.2, 0.25) is 10.0 Å². The van der Waals surface area contributed by atoms with Crippen LogP contribution in [0.1, 0.15) is 10.4 Å². The van der Waals surface area contributed by atoms with Crippen molar-refractivity contribution in [1.82, 2.24) is 10.0 Å². The molecule has 20 heavy (non-hydrogen) atoms. The number of primary amides is 1. The fourth-order valence-electron chi connectivity index (χ4n) is 1.30. The summed E-state index contributed by atoms with van der Waals surface area (Å²) in [7, 11) is -4.14. The van der Waals surface area contributed by atoms with Crippen molar-refractivity contribution in [2.24, 2.45) is 5.73 Å². The van der Waals surface area contributed by atoms with Gasteiger partial charge in [-0.3, -0.25) is 0 Å². The smallest absolute Gasteiger partial charge is 0.335 e. The van der Waals surface area contributed by atoms with Crippen molar-refractivity contribution in [3.05, 3.63) is 29.6 Å². The van der Waals surface area contributed by atoms with E-state index in [2.05, 4.69) is 5.32 Å². The van der Waals surface area contributed by atoms with Gasteiger partial charge in [0.05, 0.1) is 5.56 Å². The Labute approximate surface area is 113 Å². The molecule has 0 heterocycles. The van der Waals surface area contributed by atoms with E-state index in [9.17, 15) is 22.4 Å². The van der Waals surface area contributed by atoms with Gasteiger partial charge in [-0.2, -0.15) is 0 Å². The van der Waals surface area contributed by atoms with Gasteiger partial charge in [-0.1, -0.05) is 0 Å². The molecule has 10 heteroatoms. The Kier molecular flexibility index (Phi) is 5.00. The summed E-state index contributed by atoms with van der Waals surface area (Å²) in [6, 6.07) is 1.62. The second-order valence-corrected chi connectivity index (χ2v) is 5.37. The monoisotopic (exact) mass is 305 g/mol. The molecule has 0 saturated heterocycles. The Morgan fingerprint density at radius 1 is 1.30 bits per heavy atom. The Morgan fingerprint density at radius 3 is 2.45 bits per heavy atom. The molecule has 0 fully saturated rings. The molecular formula is C10H12FN3O5S. The number of nitrogens with one attached hydrogen (secondary N) is 2. The first-order chi connectivity index (χ1) is 9.24. The molecule has 110 valence electrons. The number of carbonyl (C=O) groups excluding carboxylic acids is 1. The molecule has 0 aliphatic heterocycles. The maximum absolute atomic E-state index is 13.6. The molecule has 0 spiro atoms. The second-order valence-electron chi connectivity index (χ2n) is 3.64. The standard InChI is InChI=1S/C10H12FN3O5S/c11-7-5-6(9(15)16)1-2-8(7)20(18,19)14-4-3-13-10(12)17/h1-2,5,14H,3-4H2,(H,15,16)(H3,12,13,17). The van der Waals surface area contributed by atoms with Gasteiger partial charge >= 0.3 is 12.0 Å². The van der Waals surface area contributed by atoms with Gasteiger partial charge in [0.1, 0.15) is 10.7 Å². The van der Waals surface area contributed by atoms with Gasteiger partial charge < -0.3 is 16.2 Å². The molecule has 1 aromatic carbocycles. The fourth-order valence-corrected chi connectivity index (χ4v) is 2.39. The predicted octanol–water partition coefficient (Wildman–Crippen LogP) is -0.529. The fraction of sp³-hybridized carbons (Fsp3) is 0.200. The first kappa shape index (κ1) is 15.9. The largest absolute Gasteiger partial charge is 0.478 e. The molecule has 0 unspecified atom stereocenters. The van der Waals surface area contributed by atoms with Crippen molar-refractivity contribution in [1.29, 1.82) is 0 Å². The highest BCUT2D eigenvalue weighted by molar-refractivity contribution is 7.89. The van der Waals surface area contributed by atoms with Crippen LogP contribution >= 0.6 is 0 Å². The van der Waals surface area contributed by atoms with Crippen LogP contribution in [0.25, 0.3) is 0 Å². The van der Waals surface area contributed by atoms with E-state index in [1.165, 1.54) is 0 Å². The molecule has 0 saturated carbocycles. The summed E-state index contributed by atoms with van der Waals surface area (Å²) < 4.78 is 39.1. The number of sulfonamides is 1. The van der Waals surface area contributed by atoms with Gasteiger partial charge in [0, 0.05) is 13.1 Å². The van der Waals surface area contributed by atoms with Crippen LogP contribution in [0, 0.1) is 5.82 Å². The lowest BCUT2D eigenvalue weighted by Gasteiger charge is -2.08. The van der Waals surface area contributed by atoms with E-state index in [1.54, 1.807) is 0 Å². The number of halogens is 1. The third-order valence-corrected chi connectivity index (χ3v) is 3.68. The highest BCUT2D eigenvalue weighted by Gasteiger charge is 2.19. The average Bonchev–Trinajstić information content (AvgIpc) is 2.34. The van der Waals surface area contributed by atoms with E-state index >= 15 is 0 Å². The number of benzene rings is 1. The topological polar surface area (TPSA) is 139 Å². The number of urea groups is 1. The van der Waals surface area contributed by atoms with Crippen LogP contribution in [0.4, 0.5) is 9.18 Å². The molecule has 0 radical (unpaired) electrons. The van der Waals surface area contributed by atoms with Gasteiger partial charge in [-0.05, 0) is 18.2 Å². The predicted molar refractivity (Wildman–Crippen MR) is 66.1 cm³/mol. The summed E-state index contributed by atoms with van der Waals surface area (Å²) >= 11 is 0. The molecule has 0 atom stereocenters. The minimum atomic E-state index is -4.14. The van der Waals surface area contributed by atoms with Crippen LogP contribution < -0.4 is 15.8 Å². The van der Waals surface area contributed by atoms with Crippen LogP contribution in [0.5, 0.6) is 0 Å². The van der Waals surface area contributed by atoms with Crippen molar-refractivity contribution in [3.63, 3.8) is 0 Å². The molecule has 0 aliphatic rings. The van der Waals surface area contributed by atoms with E-state index in [0.29, 0.717) is 6.07 Å². The normalized spacial score (nSPS) is 11.1. The Hall–Kier alpha value is -2.20. The van der Waals surface area contributed by atoms with Gasteiger partial charge in [0.25, 0.3) is 0 Å². The van der Waals surface area contributed by atoms with Crippen molar-refractivity contribution < 1.29 is 27.5 Å². The Bertz CT molecular complexity index is 632. The lowest BCUT2D eigenvalue weighted by molar-refractivity contribution is 0.0696. The Morgan fingerprint density at radius 2 is 1.95 bits per heavy atom. The number of hydrogen-bond acceptors (Lipinski definition) is 4.